The number of anilines is 1. The average molecular weight is 295 g/mol. The fraction of sp³-hybridized carbons (Fsp3) is 0.312. The number of aliphatic hydroxyl groups is 1. The van der Waals surface area contributed by atoms with Gasteiger partial charge in [-0.2, -0.15) is 4.98 Å². The summed E-state index contributed by atoms with van der Waals surface area (Å²) in [6, 6.07) is 10.1. The molecule has 3 aromatic rings. The topological polar surface area (TPSA) is 75.9 Å². The van der Waals surface area contributed by atoms with Crippen molar-refractivity contribution >= 4 is 17.0 Å². The summed E-state index contributed by atoms with van der Waals surface area (Å²) < 4.78 is 1.95. The van der Waals surface area contributed by atoms with Crippen molar-refractivity contribution in [3.05, 3.63) is 42.9 Å². The minimum Gasteiger partial charge on any atom is -0.393 e. The van der Waals surface area contributed by atoms with Crippen LogP contribution in [0.4, 0.5) is 5.95 Å². The van der Waals surface area contributed by atoms with Gasteiger partial charge in [0.1, 0.15) is 12.1 Å². The first kappa shape index (κ1) is 13.2. The third-order valence-electron chi connectivity index (χ3n) is 4.08. The van der Waals surface area contributed by atoms with Crippen molar-refractivity contribution in [3.8, 4) is 5.82 Å². The van der Waals surface area contributed by atoms with Crippen LogP contribution in [0.3, 0.4) is 0 Å². The fourth-order valence-electron chi connectivity index (χ4n) is 2.97. The number of aliphatic hydroxyl groups excluding tert-OH is 1. The number of imidazole rings is 1. The maximum atomic E-state index is 9.61. The SMILES string of the molecule is O[C@@H]1CC[C@@H](Nc2nccc(-n3cnc4ccccc43)n2)C1. The van der Waals surface area contributed by atoms with Gasteiger partial charge in [0, 0.05) is 12.2 Å². The normalized spacial score (nSPS) is 21.3. The monoisotopic (exact) mass is 295 g/mol. The highest BCUT2D eigenvalue weighted by Gasteiger charge is 2.23. The molecule has 0 saturated heterocycles. The Hall–Kier alpha value is -2.47. The van der Waals surface area contributed by atoms with Crippen LogP contribution in [0, 0.1) is 0 Å². The molecule has 1 fully saturated rings. The molecule has 1 aromatic carbocycles. The zero-order chi connectivity index (χ0) is 14.9. The number of hydrogen-bond acceptors (Lipinski definition) is 5. The van der Waals surface area contributed by atoms with E-state index < -0.39 is 0 Å². The molecule has 6 nitrogen and oxygen atoms in total. The van der Waals surface area contributed by atoms with Crippen molar-refractivity contribution in [1.82, 2.24) is 19.5 Å². The number of nitrogens with zero attached hydrogens (tertiary/aromatic N) is 4. The first-order valence-corrected chi connectivity index (χ1v) is 7.50. The quantitative estimate of drug-likeness (QED) is 0.774. The number of hydrogen-bond donors (Lipinski definition) is 2. The van der Waals surface area contributed by atoms with Crippen molar-refractivity contribution in [1.29, 1.82) is 0 Å². The minimum atomic E-state index is -0.210. The number of fused-ring (bicyclic) bond motifs is 1. The first-order valence-electron chi connectivity index (χ1n) is 7.50. The summed E-state index contributed by atoms with van der Waals surface area (Å²) in [6.45, 7) is 0. The van der Waals surface area contributed by atoms with Gasteiger partial charge in [-0.1, -0.05) is 12.1 Å². The van der Waals surface area contributed by atoms with Crippen LogP contribution in [0.25, 0.3) is 16.9 Å². The smallest absolute Gasteiger partial charge is 0.224 e. The molecule has 0 amide bonds. The largest absolute Gasteiger partial charge is 0.393 e. The molecule has 112 valence electrons. The highest BCUT2D eigenvalue weighted by Crippen LogP contribution is 2.22. The van der Waals surface area contributed by atoms with Gasteiger partial charge in [-0.05, 0) is 37.5 Å². The molecule has 1 aliphatic carbocycles. The van der Waals surface area contributed by atoms with Gasteiger partial charge in [0.05, 0.1) is 17.1 Å². The average Bonchev–Trinajstić information content (AvgIpc) is 3.14. The second-order valence-electron chi connectivity index (χ2n) is 5.65. The summed E-state index contributed by atoms with van der Waals surface area (Å²) in [5.74, 6) is 1.37. The predicted octanol–water partition coefficient (Wildman–Crippen LogP) is 2.14. The molecular formula is C16H17N5O. The molecule has 4 rings (SSSR count). The zero-order valence-electron chi connectivity index (χ0n) is 12.1. The minimum absolute atomic E-state index is 0.210. The first-order chi connectivity index (χ1) is 10.8. The van der Waals surface area contributed by atoms with E-state index in [1.54, 1.807) is 12.5 Å². The van der Waals surface area contributed by atoms with Crippen LogP contribution in [-0.4, -0.2) is 36.8 Å². The van der Waals surface area contributed by atoms with E-state index in [0.29, 0.717) is 5.95 Å². The summed E-state index contributed by atoms with van der Waals surface area (Å²) in [7, 11) is 0. The molecular weight excluding hydrogens is 278 g/mol. The van der Waals surface area contributed by atoms with Crippen molar-refractivity contribution in [2.75, 3.05) is 5.32 Å². The molecule has 2 N–H and O–H groups in total. The highest BCUT2D eigenvalue weighted by molar-refractivity contribution is 5.76. The molecule has 1 saturated carbocycles. The lowest BCUT2D eigenvalue weighted by Crippen LogP contribution is -2.18. The molecule has 0 bridgehead atoms. The van der Waals surface area contributed by atoms with E-state index in [9.17, 15) is 5.11 Å². The molecule has 2 aromatic heterocycles. The molecule has 2 heterocycles. The summed E-state index contributed by atoms with van der Waals surface area (Å²) in [5.41, 5.74) is 1.96. The highest BCUT2D eigenvalue weighted by atomic mass is 16.3. The van der Waals surface area contributed by atoms with Gasteiger partial charge >= 0.3 is 0 Å². The molecule has 0 aliphatic heterocycles. The van der Waals surface area contributed by atoms with Crippen LogP contribution >= 0.6 is 0 Å². The molecule has 1 aliphatic rings. The maximum Gasteiger partial charge on any atom is 0.224 e. The Bertz CT molecular complexity index is 800. The van der Waals surface area contributed by atoms with E-state index in [-0.39, 0.29) is 12.1 Å². The summed E-state index contributed by atoms with van der Waals surface area (Å²) in [6.07, 6.45) is 5.84. The van der Waals surface area contributed by atoms with Crippen LogP contribution in [-0.2, 0) is 0 Å². The third kappa shape index (κ3) is 2.42. The second-order valence-corrected chi connectivity index (χ2v) is 5.65. The van der Waals surface area contributed by atoms with E-state index in [1.807, 2.05) is 34.9 Å². The molecule has 0 radical (unpaired) electrons. The number of nitrogens with one attached hydrogen (secondary N) is 1. The summed E-state index contributed by atoms with van der Waals surface area (Å²) >= 11 is 0. The van der Waals surface area contributed by atoms with Crippen LogP contribution in [0.5, 0.6) is 0 Å². The number of aromatic nitrogens is 4. The van der Waals surface area contributed by atoms with Gasteiger partial charge < -0.3 is 10.4 Å². The van der Waals surface area contributed by atoms with E-state index in [1.165, 1.54) is 0 Å². The van der Waals surface area contributed by atoms with Crippen LogP contribution in [0.15, 0.2) is 42.9 Å². The lowest BCUT2D eigenvalue weighted by molar-refractivity contribution is 0.182. The van der Waals surface area contributed by atoms with Gasteiger partial charge in [-0.25, -0.2) is 9.97 Å². The van der Waals surface area contributed by atoms with Crippen LogP contribution in [0.2, 0.25) is 0 Å². The van der Waals surface area contributed by atoms with Gasteiger partial charge in [-0.15, -0.1) is 0 Å². The van der Waals surface area contributed by atoms with E-state index in [2.05, 4.69) is 20.3 Å². The molecule has 6 heteroatoms. The standard InChI is InChI=1S/C16H17N5O/c22-12-6-5-11(9-12)19-16-17-8-7-15(20-16)21-10-18-13-3-1-2-4-14(13)21/h1-4,7-8,10-12,22H,5-6,9H2,(H,17,19,20)/t11-,12-/m1/s1. The van der Waals surface area contributed by atoms with Gasteiger partial charge in [0.15, 0.2) is 0 Å². The van der Waals surface area contributed by atoms with Gasteiger partial charge in [0.25, 0.3) is 0 Å². The van der Waals surface area contributed by atoms with Crippen LogP contribution in [0.1, 0.15) is 19.3 Å². The Kier molecular flexibility index (Phi) is 3.23. The van der Waals surface area contributed by atoms with Gasteiger partial charge in [-0.3, -0.25) is 4.57 Å². The van der Waals surface area contributed by atoms with E-state index >= 15 is 0 Å². The van der Waals surface area contributed by atoms with Gasteiger partial charge in [0.2, 0.25) is 5.95 Å². The van der Waals surface area contributed by atoms with Crippen molar-refractivity contribution in [2.45, 2.75) is 31.4 Å². The maximum absolute atomic E-state index is 9.61. The van der Waals surface area contributed by atoms with E-state index in [0.717, 1.165) is 36.1 Å². The summed E-state index contributed by atoms with van der Waals surface area (Å²) in [5, 5.41) is 12.9. The lowest BCUT2D eigenvalue weighted by atomic mass is 10.2. The van der Waals surface area contributed by atoms with Crippen LogP contribution < -0.4 is 5.32 Å². The van der Waals surface area contributed by atoms with E-state index in [4.69, 9.17) is 0 Å². The zero-order valence-corrected chi connectivity index (χ0v) is 12.1. The van der Waals surface area contributed by atoms with Crippen molar-refractivity contribution in [3.63, 3.8) is 0 Å². The second kappa shape index (κ2) is 5.38. The third-order valence-corrected chi connectivity index (χ3v) is 4.08. The van der Waals surface area contributed by atoms with Crippen molar-refractivity contribution < 1.29 is 5.11 Å². The fourth-order valence-corrected chi connectivity index (χ4v) is 2.97. The Morgan fingerprint density at radius 1 is 1.14 bits per heavy atom. The molecule has 2 atom stereocenters. The van der Waals surface area contributed by atoms with Crippen molar-refractivity contribution in [2.24, 2.45) is 0 Å². The number of para-hydroxylation sites is 2. The predicted molar refractivity (Wildman–Crippen MR) is 83.9 cm³/mol. The summed E-state index contributed by atoms with van der Waals surface area (Å²) in [4.78, 5) is 13.2. The molecule has 0 unspecified atom stereocenters. The lowest BCUT2D eigenvalue weighted by Gasteiger charge is -2.12. The Labute approximate surface area is 127 Å². The Morgan fingerprint density at radius 3 is 2.91 bits per heavy atom. The molecule has 22 heavy (non-hydrogen) atoms. The number of rotatable bonds is 3. The number of benzene rings is 1. The Balaban J connectivity index is 1.64. The molecule has 0 spiro atoms. The Morgan fingerprint density at radius 2 is 2.05 bits per heavy atom.